The van der Waals surface area contributed by atoms with Crippen molar-refractivity contribution in [1.29, 1.82) is 0 Å². The van der Waals surface area contributed by atoms with E-state index in [0.29, 0.717) is 19.3 Å². The van der Waals surface area contributed by atoms with Crippen molar-refractivity contribution in [3.05, 3.63) is 36.5 Å². The van der Waals surface area contributed by atoms with Crippen LogP contribution in [0, 0.1) is 0 Å². The van der Waals surface area contributed by atoms with Crippen LogP contribution in [0.25, 0.3) is 0 Å². The highest BCUT2D eigenvalue weighted by Gasteiger charge is 2.19. The van der Waals surface area contributed by atoms with Crippen LogP contribution in [-0.4, -0.2) is 37.2 Å². The van der Waals surface area contributed by atoms with E-state index in [0.717, 1.165) is 70.6 Å². The molecule has 0 saturated heterocycles. The summed E-state index contributed by atoms with van der Waals surface area (Å²) in [5.41, 5.74) is 0. The van der Waals surface area contributed by atoms with Crippen LogP contribution in [0.3, 0.4) is 0 Å². The molecule has 0 aliphatic rings. The van der Waals surface area contributed by atoms with E-state index in [9.17, 15) is 14.4 Å². The number of allylic oxidation sites excluding steroid dienone is 6. The lowest BCUT2D eigenvalue weighted by Crippen LogP contribution is -2.30. The minimum Gasteiger partial charge on any atom is -0.462 e. The smallest absolute Gasteiger partial charge is 0.306 e. The first-order valence-corrected chi connectivity index (χ1v) is 28.5. The van der Waals surface area contributed by atoms with Crippen molar-refractivity contribution in [3.63, 3.8) is 0 Å². The lowest BCUT2D eigenvalue weighted by molar-refractivity contribution is -0.167. The molecule has 0 saturated carbocycles. The summed E-state index contributed by atoms with van der Waals surface area (Å²) in [6, 6.07) is 0. The van der Waals surface area contributed by atoms with Crippen molar-refractivity contribution < 1.29 is 28.6 Å². The zero-order chi connectivity index (χ0) is 47.2. The maximum Gasteiger partial charge on any atom is 0.306 e. The molecule has 380 valence electrons. The lowest BCUT2D eigenvalue weighted by atomic mass is 10.1. The lowest BCUT2D eigenvalue weighted by Gasteiger charge is -2.18. The molecule has 0 radical (unpaired) electrons. The Labute approximate surface area is 404 Å². The molecule has 0 aliphatic carbocycles. The van der Waals surface area contributed by atoms with Crippen molar-refractivity contribution in [1.82, 2.24) is 0 Å². The fourth-order valence-corrected chi connectivity index (χ4v) is 8.29. The zero-order valence-electron chi connectivity index (χ0n) is 43.5. The first-order chi connectivity index (χ1) is 32.0. The Hall–Kier alpha value is -2.37. The number of rotatable bonds is 52. The maximum atomic E-state index is 12.8. The Kier molecular flexibility index (Phi) is 52.3. The summed E-state index contributed by atoms with van der Waals surface area (Å²) in [6.45, 7) is 6.63. The molecule has 0 aliphatic heterocycles. The zero-order valence-corrected chi connectivity index (χ0v) is 43.5. The molecule has 0 spiro atoms. The van der Waals surface area contributed by atoms with Crippen LogP contribution in [-0.2, 0) is 28.6 Å². The van der Waals surface area contributed by atoms with Gasteiger partial charge < -0.3 is 14.2 Å². The number of unbranched alkanes of at least 4 members (excludes halogenated alkanes) is 35. The van der Waals surface area contributed by atoms with E-state index >= 15 is 0 Å². The quantitative estimate of drug-likeness (QED) is 0.0262. The van der Waals surface area contributed by atoms with E-state index in [4.69, 9.17) is 14.2 Å². The Bertz CT molecular complexity index is 1090. The third-order valence-corrected chi connectivity index (χ3v) is 12.6. The van der Waals surface area contributed by atoms with Crippen molar-refractivity contribution in [2.45, 2.75) is 309 Å². The summed E-state index contributed by atoms with van der Waals surface area (Å²) in [4.78, 5) is 38.1. The van der Waals surface area contributed by atoms with Gasteiger partial charge in [0.15, 0.2) is 6.10 Å². The normalized spacial score (nSPS) is 12.2. The summed E-state index contributed by atoms with van der Waals surface area (Å²) in [5.74, 6) is -0.868. The van der Waals surface area contributed by atoms with Gasteiger partial charge in [-0.25, -0.2) is 0 Å². The molecule has 0 fully saturated rings. The van der Waals surface area contributed by atoms with E-state index in [2.05, 4.69) is 57.2 Å². The molecule has 1 unspecified atom stereocenters. The summed E-state index contributed by atoms with van der Waals surface area (Å²) in [5, 5.41) is 0. The third kappa shape index (κ3) is 52.5. The monoisotopic (exact) mass is 913 g/mol. The topological polar surface area (TPSA) is 78.9 Å². The van der Waals surface area contributed by atoms with Gasteiger partial charge in [0.1, 0.15) is 13.2 Å². The molecule has 65 heavy (non-hydrogen) atoms. The van der Waals surface area contributed by atoms with Crippen LogP contribution >= 0.6 is 0 Å². The van der Waals surface area contributed by atoms with Crippen LogP contribution in [0.5, 0.6) is 0 Å². The molecule has 0 N–H and O–H groups in total. The van der Waals surface area contributed by atoms with E-state index in [1.165, 1.54) is 193 Å². The van der Waals surface area contributed by atoms with Gasteiger partial charge in [-0.2, -0.15) is 0 Å². The number of esters is 3. The van der Waals surface area contributed by atoms with Crippen LogP contribution in [0.15, 0.2) is 36.5 Å². The number of carbonyl (C=O) groups is 3. The predicted octanol–water partition coefficient (Wildman–Crippen LogP) is 18.9. The molecule has 1 atom stereocenters. The molecule has 0 bridgehead atoms. The van der Waals surface area contributed by atoms with Crippen LogP contribution in [0.2, 0.25) is 0 Å². The average molecular weight is 914 g/mol. The van der Waals surface area contributed by atoms with Crippen molar-refractivity contribution in [3.8, 4) is 0 Å². The number of carbonyl (C=O) groups excluding carboxylic acids is 3. The Morgan fingerprint density at radius 3 is 0.892 bits per heavy atom. The second-order valence-corrected chi connectivity index (χ2v) is 19.2. The standard InChI is InChI=1S/C59H108O6/c1-4-7-10-13-16-19-22-24-26-28-29-31-32-34-37-40-43-46-49-52-58(61)64-55-56(54-63-57(60)51-48-45-42-39-36-21-18-15-12-9-6-3)65-59(62)53-50-47-44-41-38-35-33-30-27-25-23-20-17-14-11-8-5-2/h17,20,24-27,56H,4-16,18-19,21-23,28-55H2,1-3H3/b20-17-,26-24-,27-25-. The molecule has 0 aromatic carbocycles. The summed E-state index contributed by atoms with van der Waals surface area (Å²) in [7, 11) is 0. The highest BCUT2D eigenvalue weighted by molar-refractivity contribution is 5.71. The van der Waals surface area contributed by atoms with Crippen molar-refractivity contribution in [2.24, 2.45) is 0 Å². The molecular weight excluding hydrogens is 805 g/mol. The molecule has 0 rings (SSSR count). The highest BCUT2D eigenvalue weighted by atomic mass is 16.6. The van der Waals surface area contributed by atoms with Crippen molar-refractivity contribution >= 4 is 17.9 Å². The molecule has 0 aromatic rings. The van der Waals surface area contributed by atoms with Gasteiger partial charge in [0.25, 0.3) is 0 Å². The largest absolute Gasteiger partial charge is 0.462 e. The first kappa shape index (κ1) is 62.6. The van der Waals surface area contributed by atoms with Gasteiger partial charge in [0, 0.05) is 19.3 Å². The van der Waals surface area contributed by atoms with Gasteiger partial charge in [0.2, 0.25) is 0 Å². The van der Waals surface area contributed by atoms with Gasteiger partial charge in [-0.05, 0) is 77.0 Å². The summed E-state index contributed by atoms with van der Waals surface area (Å²) >= 11 is 0. The molecule has 0 aromatic heterocycles. The highest BCUT2D eigenvalue weighted by Crippen LogP contribution is 2.16. The van der Waals surface area contributed by atoms with Gasteiger partial charge in [0.05, 0.1) is 0 Å². The average Bonchev–Trinajstić information content (AvgIpc) is 3.30. The van der Waals surface area contributed by atoms with E-state index in [1.54, 1.807) is 0 Å². The number of ether oxygens (including phenoxy) is 3. The molecule has 6 heteroatoms. The second kappa shape index (κ2) is 54.2. The van der Waals surface area contributed by atoms with Crippen LogP contribution < -0.4 is 0 Å². The Morgan fingerprint density at radius 2 is 0.554 bits per heavy atom. The number of hydrogen-bond acceptors (Lipinski definition) is 6. The molecule has 6 nitrogen and oxygen atoms in total. The van der Waals surface area contributed by atoms with Crippen LogP contribution in [0.4, 0.5) is 0 Å². The molecule has 0 amide bonds. The molecule has 0 heterocycles. The minimum atomic E-state index is -0.773. The fraction of sp³-hybridized carbons (Fsp3) is 0.847. The third-order valence-electron chi connectivity index (χ3n) is 12.6. The van der Waals surface area contributed by atoms with Gasteiger partial charge >= 0.3 is 17.9 Å². The Morgan fingerprint density at radius 1 is 0.308 bits per heavy atom. The van der Waals surface area contributed by atoms with Crippen LogP contribution in [0.1, 0.15) is 303 Å². The summed E-state index contributed by atoms with van der Waals surface area (Å²) in [6.07, 6.45) is 64.1. The second-order valence-electron chi connectivity index (χ2n) is 19.2. The predicted molar refractivity (Wildman–Crippen MR) is 279 cm³/mol. The van der Waals surface area contributed by atoms with Gasteiger partial charge in [-0.1, -0.05) is 243 Å². The SMILES string of the molecule is CCCCC/C=C\C/C=C\CCCCCCCCCC(=O)OC(COC(=O)CCCCCCCCCCC/C=C\CCCCCCCC)COC(=O)CCCCCCCCCCCCC. The van der Waals surface area contributed by atoms with E-state index < -0.39 is 6.10 Å². The van der Waals surface area contributed by atoms with Gasteiger partial charge in [-0.15, -0.1) is 0 Å². The molecular formula is C59H108O6. The van der Waals surface area contributed by atoms with E-state index in [1.807, 2.05) is 0 Å². The number of hydrogen-bond donors (Lipinski definition) is 0. The maximum absolute atomic E-state index is 12.8. The first-order valence-electron chi connectivity index (χ1n) is 28.5. The van der Waals surface area contributed by atoms with Gasteiger partial charge in [-0.3, -0.25) is 14.4 Å². The van der Waals surface area contributed by atoms with Crippen molar-refractivity contribution in [2.75, 3.05) is 13.2 Å². The minimum absolute atomic E-state index is 0.0726. The summed E-state index contributed by atoms with van der Waals surface area (Å²) < 4.78 is 16.8. The van der Waals surface area contributed by atoms with E-state index in [-0.39, 0.29) is 31.1 Å². The Balaban J connectivity index is 4.31. The fourth-order valence-electron chi connectivity index (χ4n) is 8.29.